The molecule has 1 aliphatic heterocycles. The molecule has 202 valence electrons. The Balaban J connectivity index is 1.76. The third kappa shape index (κ3) is 5.46. The van der Waals surface area contributed by atoms with Crippen LogP contribution in [0.25, 0.3) is 11.3 Å². The topological polar surface area (TPSA) is 151 Å². The van der Waals surface area contributed by atoms with E-state index in [2.05, 4.69) is 21.7 Å². The third-order valence-electron chi connectivity index (χ3n) is 6.66. The van der Waals surface area contributed by atoms with Crippen molar-refractivity contribution in [3.8, 4) is 11.3 Å². The van der Waals surface area contributed by atoms with E-state index < -0.39 is 24.5 Å². The molecule has 0 spiro atoms. The van der Waals surface area contributed by atoms with Crippen LogP contribution in [-0.4, -0.2) is 64.5 Å². The lowest BCUT2D eigenvalue weighted by Gasteiger charge is -2.12. The molecule has 0 radical (unpaired) electrons. The Hall–Kier alpha value is -3.64. The Morgan fingerprint density at radius 1 is 1.24 bits per heavy atom. The number of aliphatic imine (C=N–C) groups is 2. The Morgan fingerprint density at radius 3 is 2.63 bits per heavy atom. The zero-order chi connectivity index (χ0) is 27.2. The molecule has 4 unspecified atom stereocenters. The minimum atomic E-state index is -1.20. The summed E-state index contributed by atoms with van der Waals surface area (Å²) in [5.74, 6) is 0.477. The lowest BCUT2D eigenvalue weighted by molar-refractivity contribution is -0.689. The summed E-state index contributed by atoms with van der Waals surface area (Å²) in [5, 5.41) is 21.5. The van der Waals surface area contributed by atoms with Crippen LogP contribution in [-0.2, 0) is 16.0 Å². The van der Waals surface area contributed by atoms with Crippen LogP contribution in [0.5, 0.6) is 0 Å². The highest BCUT2D eigenvalue weighted by molar-refractivity contribution is 5.95. The monoisotopic (exact) mass is 523 g/mol. The summed E-state index contributed by atoms with van der Waals surface area (Å²) in [6, 6.07) is 13.2. The molecule has 2 aromatic heterocycles. The molecular weight excluding hydrogens is 488 g/mol. The second kappa shape index (κ2) is 12.3. The fraction of sp³-hybridized carbons (Fsp3) is 0.407. The van der Waals surface area contributed by atoms with E-state index in [-0.39, 0.29) is 24.7 Å². The summed E-state index contributed by atoms with van der Waals surface area (Å²) in [6.07, 6.45) is 0.332. The van der Waals surface area contributed by atoms with Crippen molar-refractivity contribution in [2.75, 3.05) is 13.8 Å². The van der Waals surface area contributed by atoms with Gasteiger partial charge in [0.15, 0.2) is 0 Å². The van der Waals surface area contributed by atoms with E-state index in [4.69, 9.17) is 15.2 Å². The average molecular weight is 524 g/mol. The molecule has 1 aromatic carbocycles. The number of methoxy groups -OCH3 is 1. The number of unbranched alkanes of at least 4 members (excludes halogenated alkanes) is 1. The molecule has 11 nitrogen and oxygen atoms in total. The van der Waals surface area contributed by atoms with E-state index in [1.54, 1.807) is 21.5 Å². The van der Waals surface area contributed by atoms with Crippen molar-refractivity contribution >= 4 is 18.4 Å². The lowest BCUT2D eigenvalue weighted by Crippen LogP contribution is -2.41. The fourth-order valence-corrected chi connectivity index (χ4v) is 4.71. The number of aliphatic hydroxyl groups excluding tert-OH is 2. The zero-order valence-corrected chi connectivity index (χ0v) is 21.7. The molecule has 3 aromatic rings. The normalized spacial score (nSPS) is 21.6. The molecule has 38 heavy (non-hydrogen) atoms. The van der Waals surface area contributed by atoms with E-state index in [1.165, 1.54) is 7.11 Å². The van der Waals surface area contributed by atoms with Crippen molar-refractivity contribution in [3.63, 3.8) is 0 Å². The van der Waals surface area contributed by atoms with E-state index in [9.17, 15) is 15.0 Å². The number of hydrogen-bond acceptors (Lipinski definition) is 8. The van der Waals surface area contributed by atoms with Crippen LogP contribution in [0.4, 0.5) is 5.82 Å². The first-order valence-electron chi connectivity index (χ1n) is 12.6. The van der Waals surface area contributed by atoms with Crippen molar-refractivity contribution < 1.29 is 24.3 Å². The van der Waals surface area contributed by atoms with Gasteiger partial charge in [-0.2, -0.15) is 4.57 Å². The number of nitrogens with one attached hydrogen (secondary N) is 1. The molecule has 1 fully saturated rings. The molecule has 1 saturated heterocycles. The molecule has 0 amide bonds. The van der Waals surface area contributed by atoms with E-state index in [0.29, 0.717) is 29.2 Å². The predicted octanol–water partition coefficient (Wildman–Crippen LogP) is 1.63. The Morgan fingerprint density at radius 2 is 2.00 bits per heavy atom. The molecule has 0 saturated carbocycles. The van der Waals surface area contributed by atoms with Crippen molar-refractivity contribution in [2.45, 2.75) is 57.3 Å². The summed E-state index contributed by atoms with van der Waals surface area (Å²) < 4.78 is 14.9. The Kier molecular flexibility index (Phi) is 8.85. The van der Waals surface area contributed by atoms with Crippen LogP contribution in [0.3, 0.4) is 0 Å². The standard InChI is InChI=1S/C27H34N6O5/c1-4-5-11-20-22(34)23(35)27(38-20)33-16-32(21(24(33)29-2)26(37-3)30-15-28)14-18-12-13-19(31-25(18)36)17-9-7-6-8-10-17/h6-10,12-13,16,20,22-23,27,34-35H,2,4-5,11,14-15,28H2,1,3H3/p+1/b30-26+. The van der Waals surface area contributed by atoms with Gasteiger partial charge in [-0.25, -0.2) is 14.6 Å². The lowest BCUT2D eigenvalue weighted by atomic mass is 10.1. The maximum atomic E-state index is 13.1. The number of aromatic nitrogens is 3. The number of aromatic amines is 1. The third-order valence-corrected chi connectivity index (χ3v) is 6.66. The molecule has 0 bridgehead atoms. The number of rotatable bonds is 10. The summed E-state index contributed by atoms with van der Waals surface area (Å²) >= 11 is 0. The number of nitrogens with two attached hydrogens (primary N) is 1. The van der Waals surface area contributed by atoms with Crippen LogP contribution < -0.4 is 15.9 Å². The molecule has 11 heteroatoms. The summed E-state index contributed by atoms with van der Waals surface area (Å²) in [6.45, 7) is 5.84. The van der Waals surface area contributed by atoms with Crippen LogP contribution >= 0.6 is 0 Å². The number of ether oxygens (including phenoxy) is 2. The number of aliphatic hydroxyl groups is 2. The second-order valence-electron chi connectivity index (χ2n) is 9.11. The number of H-pyrrole nitrogens is 1. The molecule has 0 aliphatic carbocycles. The van der Waals surface area contributed by atoms with Gasteiger partial charge in [-0.1, -0.05) is 50.1 Å². The van der Waals surface area contributed by atoms with Crippen LogP contribution in [0.2, 0.25) is 0 Å². The second-order valence-corrected chi connectivity index (χ2v) is 9.11. The summed E-state index contributed by atoms with van der Waals surface area (Å²) in [5.41, 5.74) is 7.90. The van der Waals surface area contributed by atoms with Crippen LogP contribution in [0.15, 0.2) is 63.6 Å². The predicted molar refractivity (Wildman–Crippen MR) is 143 cm³/mol. The average Bonchev–Trinajstić information content (AvgIpc) is 3.43. The maximum Gasteiger partial charge on any atom is 0.275 e. The van der Waals surface area contributed by atoms with Gasteiger partial charge in [0, 0.05) is 5.69 Å². The first-order chi connectivity index (χ1) is 18.4. The van der Waals surface area contributed by atoms with E-state index in [0.717, 1.165) is 18.4 Å². The van der Waals surface area contributed by atoms with E-state index in [1.807, 2.05) is 43.3 Å². The van der Waals surface area contributed by atoms with Crippen LogP contribution in [0.1, 0.15) is 43.7 Å². The number of nitrogens with zero attached hydrogens (tertiary/aromatic N) is 4. The Labute approximate surface area is 220 Å². The Bertz CT molecular complexity index is 1340. The van der Waals surface area contributed by atoms with Crippen molar-refractivity contribution in [2.24, 2.45) is 15.7 Å². The van der Waals surface area contributed by atoms with Crippen LogP contribution in [0, 0.1) is 0 Å². The molecule has 4 atom stereocenters. The largest absolute Gasteiger partial charge is 0.478 e. The first kappa shape index (κ1) is 27.4. The van der Waals surface area contributed by atoms with Crippen molar-refractivity contribution in [1.82, 2.24) is 9.55 Å². The quantitative estimate of drug-likeness (QED) is 0.180. The van der Waals surface area contributed by atoms with Gasteiger partial charge in [-0.3, -0.25) is 4.79 Å². The minimum absolute atomic E-state index is 0.0440. The highest BCUT2D eigenvalue weighted by atomic mass is 16.6. The van der Waals surface area contributed by atoms with Gasteiger partial charge < -0.3 is 30.4 Å². The number of pyridine rings is 1. The molecular formula is C27H35N6O5+. The molecule has 1 aliphatic rings. The highest BCUT2D eigenvalue weighted by Gasteiger charge is 2.48. The van der Waals surface area contributed by atoms with Gasteiger partial charge in [-0.15, -0.1) is 0 Å². The van der Waals surface area contributed by atoms with Gasteiger partial charge in [0.25, 0.3) is 23.0 Å². The smallest absolute Gasteiger partial charge is 0.275 e. The first-order valence-corrected chi connectivity index (χ1v) is 12.6. The molecule has 3 heterocycles. The highest BCUT2D eigenvalue weighted by Crippen LogP contribution is 2.35. The minimum Gasteiger partial charge on any atom is -0.478 e. The zero-order valence-electron chi connectivity index (χ0n) is 21.7. The van der Waals surface area contributed by atoms with E-state index >= 15 is 0 Å². The van der Waals surface area contributed by atoms with Gasteiger partial charge in [0.2, 0.25) is 12.6 Å². The maximum absolute atomic E-state index is 13.1. The van der Waals surface area contributed by atoms with Crippen molar-refractivity contribution in [3.05, 3.63) is 70.4 Å². The van der Waals surface area contributed by atoms with Gasteiger partial charge in [-0.05, 0) is 30.8 Å². The molecule has 4 rings (SSSR count). The van der Waals surface area contributed by atoms with Gasteiger partial charge in [0.05, 0.1) is 25.4 Å². The van der Waals surface area contributed by atoms with Gasteiger partial charge in [0.1, 0.15) is 18.8 Å². The number of imidazole rings is 1. The SMILES string of the molecule is C=Nc1c(/C(=N\CN)OC)[n+](Cc2ccc(-c3ccccc3)[nH]c2=O)cn1C1OC(CCCC)C(O)C1O. The fourth-order valence-electron chi connectivity index (χ4n) is 4.71. The van der Waals surface area contributed by atoms with Gasteiger partial charge >= 0.3 is 0 Å². The molecule has 5 N–H and O–H groups in total. The summed E-state index contributed by atoms with van der Waals surface area (Å²) in [7, 11) is 1.45. The summed E-state index contributed by atoms with van der Waals surface area (Å²) in [4.78, 5) is 24.4. The number of benzene rings is 1. The van der Waals surface area contributed by atoms with Crippen molar-refractivity contribution in [1.29, 1.82) is 0 Å². The number of hydrogen-bond donors (Lipinski definition) is 4.